The minimum Gasteiger partial charge on any atom is -0.491 e. The van der Waals surface area contributed by atoms with Crippen LogP contribution in [-0.2, 0) is 6.54 Å². The van der Waals surface area contributed by atoms with Gasteiger partial charge in [-0.2, -0.15) is 0 Å². The van der Waals surface area contributed by atoms with Gasteiger partial charge in [-0.25, -0.2) is 4.39 Å². The molecule has 100 valence electrons. The van der Waals surface area contributed by atoms with Crippen LogP contribution < -0.4 is 10.1 Å². The molecule has 1 unspecified atom stereocenters. The minimum atomic E-state index is -0.271. The molecular formula is C14H21FN2O. The lowest BCUT2D eigenvalue weighted by Gasteiger charge is -2.23. The van der Waals surface area contributed by atoms with Crippen LogP contribution in [0.5, 0.6) is 5.75 Å². The maximum atomic E-state index is 13.7. The van der Waals surface area contributed by atoms with Gasteiger partial charge in [-0.1, -0.05) is 6.07 Å². The molecule has 0 bridgehead atoms. The fourth-order valence-corrected chi connectivity index (χ4v) is 2.35. The quantitative estimate of drug-likeness (QED) is 0.867. The highest BCUT2D eigenvalue weighted by atomic mass is 19.1. The number of halogens is 1. The number of nitrogens with zero attached hydrogens (tertiary/aromatic N) is 1. The Bertz CT molecular complexity index is 391. The molecule has 1 fully saturated rings. The zero-order chi connectivity index (χ0) is 13.0. The van der Waals surface area contributed by atoms with Gasteiger partial charge in [0, 0.05) is 19.1 Å². The predicted molar refractivity (Wildman–Crippen MR) is 70.3 cm³/mol. The fourth-order valence-electron chi connectivity index (χ4n) is 2.35. The van der Waals surface area contributed by atoms with Gasteiger partial charge in [0.1, 0.15) is 0 Å². The van der Waals surface area contributed by atoms with Crippen LogP contribution in [0, 0.1) is 5.82 Å². The smallest absolute Gasteiger partial charge is 0.165 e. The maximum Gasteiger partial charge on any atom is 0.165 e. The molecule has 1 heterocycles. The van der Waals surface area contributed by atoms with E-state index in [1.807, 2.05) is 13.0 Å². The van der Waals surface area contributed by atoms with Crippen molar-refractivity contribution < 1.29 is 9.13 Å². The highest BCUT2D eigenvalue weighted by Gasteiger charge is 2.19. The predicted octanol–water partition coefficient (Wildman–Crippen LogP) is 2.02. The van der Waals surface area contributed by atoms with Gasteiger partial charge in [0.05, 0.1) is 6.61 Å². The van der Waals surface area contributed by atoms with E-state index in [0.717, 1.165) is 31.6 Å². The second-order valence-corrected chi connectivity index (χ2v) is 4.76. The Morgan fingerprint density at radius 1 is 1.50 bits per heavy atom. The first-order chi connectivity index (χ1) is 8.70. The van der Waals surface area contributed by atoms with Crippen molar-refractivity contribution in [2.45, 2.75) is 25.9 Å². The third kappa shape index (κ3) is 3.21. The van der Waals surface area contributed by atoms with Gasteiger partial charge in [-0.05, 0) is 44.6 Å². The standard InChI is InChI=1S/C14H21FN2O/c1-3-18-14-5-4-11(8-13(14)15)10-17(2)12-6-7-16-9-12/h4-5,8,12,16H,3,6-7,9-10H2,1-2H3. The molecule has 4 heteroatoms. The number of hydrogen-bond acceptors (Lipinski definition) is 3. The third-order valence-electron chi connectivity index (χ3n) is 3.39. The third-order valence-corrected chi connectivity index (χ3v) is 3.39. The van der Waals surface area contributed by atoms with Crippen LogP contribution in [0.2, 0.25) is 0 Å². The molecule has 3 nitrogen and oxygen atoms in total. The van der Waals surface area contributed by atoms with Crippen molar-refractivity contribution in [3.8, 4) is 5.75 Å². The number of nitrogens with one attached hydrogen (secondary N) is 1. The van der Waals surface area contributed by atoms with E-state index < -0.39 is 0 Å². The van der Waals surface area contributed by atoms with Crippen molar-refractivity contribution in [3.63, 3.8) is 0 Å². The second kappa shape index (κ2) is 6.16. The summed E-state index contributed by atoms with van der Waals surface area (Å²) in [5.74, 6) is 0.0683. The van der Waals surface area contributed by atoms with Gasteiger partial charge in [0.2, 0.25) is 0 Å². The highest BCUT2D eigenvalue weighted by molar-refractivity contribution is 5.29. The monoisotopic (exact) mass is 252 g/mol. The Hall–Kier alpha value is -1.13. The van der Waals surface area contributed by atoms with E-state index in [2.05, 4.69) is 17.3 Å². The maximum absolute atomic E-state index is 13.7. The first-order valence-corrected chi connectivity index (χ1v) is 6.53. The first-order valence-electron chi connectivity index (χ1n) is 6.53. The van der Waals surface area contributed by atoms with Crippen LogP contribution in [0.1, 0.15) is 18.9 Å². The van der Waals surface area contributed by atoms with Crippen LogP contribution in [0.15, 0.2) is 18.2 Å². The van der Waals surface area contributed by atoms with Gasteiger partial charge >= 0.3 is 0 Å². The van der Waals surface area contributed by atoms with Crippen molar-refractivity contribution in [2.75, 3.05) is 26.7 Å². The van der Waals surface area contributed by atoms with E-state index in [9.17, 15) is 4.39 Å². The van der Waals surface area contributed by atoms with E-state index >= 15 is 0 Å². The number of hydrogen-bond donors (Lipinski definition) is 1. The molecule has 0 aliphatic carbocycles. The van der Waals surface area contributed by atoms with Crippen LogP contribution in [0.25, 0.3) is 0 Å². The average Bonchev–Trinajstić information content (AvgIpc) is 2.86. The molecule has 0 spiro atoms. The SMILES string of the molecule is CCOc1ccc(CN(C)C2CCNC2)cc1F. The summed E-state index contributed by atoms with van der Waals surface area (Å²) in [6.07, 6.45) is 1.16. The van der Waals surface area contributed by atoms with Crippen LogP contribution in [0.4, 0.5) is 4.39 Å². The molecule has 1 aromatic carbocycles. The highest BCUT2D eigenvalue weighted by Crippen LogP contribution is 2.20. The van der Waals surface area contributed by atoms with Crippen molar-refractivity contribution >= 4 is 0 Å². The number of rotatable bonds is 5. The molecule has 1 aromatic rings. The number of ether oxygens (including phenoxy) is 1. The fraction of sp³-hybridized carbons (Fsp3) is 0.571. The summed E-state index contributed by atoms with van der Waals surface area (Å²) in [6, 6.07) is 5.78. The van der Waals surface area contributed by atoms with Crippen LogP contribution in [0.3, 0.4) is 0 Å². The van der Waals surface area contributed by atoms with Gasteiger partial charge in [-0.15, -0.1) is 0 Å². The lowest BCUT2D eigenvalue weighted by Crippen LogP contribution is -2.32. The van der Waals surface area contributed by atoms with Gasteiger partial charge in [-0.3, -0.25) is 4.90 Å². The van der Waals surface area contributed by atoms with Crippen LogP contribution in [-0.4, -0.2) is 37.7 Å². The van der Waals surface area contributed by atoms with E-state index in [4.69, 9.17) is 4.74 Å². The summed E-state index contributed by atoms with van der Waals surface area (Å²) in [7, 11) is 2.09. The summed E-state index contributed by atoms with van der Waals surface area (Å²) in [5, 5.41) is 3.34. The molecule has 1 aliphatic rings. The molecule has 0 radical (unpaired) electrons. The molecule has 18 heavy (non-hydrogen) atoms. The lowest BCUT2D eigenvalue weighted by atomic mass is 10.1. The summed E-state index contributed by atoms with van der Waals surface area (Å²) in [4.78, 5) is 2.27. The Morgan fingerprint density at radius 3 is 2.94 bits per heavy atom. The zero-order valence-electron chi connectivity index (χ0n) is 11.1. The average molecular weight is 252 g/mol. The van der Waals surface area contributed by atoms with Crippen molar-refractivity contribution in [1.82, 2.24) is 10.2 Å². The Morgan fingerprint density at radius 2 is 2.33 bits per heavy atom. The Labute approximate surface area is 108 Å². The summed E-state index contributed by atoms with van der Waals surface area (Å²) >= 11 is 0. The van der Waals surface area contributed by atoms with Gasteiger partial charge in [0.25, 0.3) is 0 Å². The van der Waals surface area contributed by atoms with E-state index in [0.29, 0.717) is 18.4 Å². The molecule has 1 aliphatic heterocycles. The molecular weight excluding hydrogens is 231 g/mol. The van der Waals surface area contributed by atoms with Crippen LogP contribution >= 0.6 is 0 Å². The zero-order valence-corrected chi connectivity index (χ0v) is 11.1. The Kier molecular flexibility index (Phi) is 4.55. The first kappa shape index (κ1) is 13.3. The normalized spacial score (nSPS) is 19.4. The molecule has 1 atom stereocenters. The summed E-state index contributed by atoms with van der Waals surface area (Å²) in [5.41, 5.74) is 0.991. The lowest BCUT2D eigenvalue weighted by molar-refractivity contribution is 0.248. The summed E-state index contributed by atoms with van der Waals surface area (Å²) < 4.78 is 18.9. The number of likely N-dealkylation sites (N-methyl/N-ethyl adjacent to an activating group) is 1. The molecule has 2 rings (SSSR count). The minimum absolute atomic E-state index is 0.271. The van der Waals surface area contributed by atoms with E-state index in [-0.39, 0.29) is 5.82 Å². The Balaban J connectivity index is 1.98. The second-order valence-electron chi connectivity index (χ2n) is 4.76. The van der Waals surface area contributed by atoms with Gasteiger partial charge in [0.15, 0.2) is 11.6 Å². The molecule has 0 amide bonds. The van der Waals surface area contributed by atoms with Gasteiger partial charge < -0.3 is 10.1 Å². The molecule has 0 aromatic heterocycles. The molecule has 1 saturated heterocycles. The molecule has 0 saturated carbocycles. The largest absolute Gasteiger partial charge is 0.491 e. The molecule has 1 N–H and O–H groups in total. The van der Waals surface area contributed by atoms with Crippen molar-refractivity contribution in [2.24, 2.45) is 0 Å². The van der Waals surface area contributed by atoms with Crippen molar-refractivity contribution in [1.29, 1.82) is 0 Å². The van der Waals surface area contributed by atoms with E-state index in [1.165, 1.54) is 0 Å². The van der Waals surface area contributed by atoms with E-state index in [1.54, 1.807) is 12.1 Å². The topological polar surface area (TPSA) is 24.5 Å². The number of benzene rings is 1. The summed E-state index contributed by atoms with van der Waals surface area (Å²) in [6.45, 7) is 5.22. The van der Waals surface area contributed by atoms with Crippen molar-refractivity contribution in [3.05, 3.63) is 29.6 Å².